The number of carbonyl (C=O) groups is 1. The number of rotatable bonds is 7. The summed E-state index contributed by atoms with van der Waals surface area (Å²) in [6.07, 6.45) is 2.06. The molecule has 0 aliphatic rings. The van der Waals surface area contributed by atoms with Gasteiger partial charge in [-0.2, -0.15) is 5.26 Å². The van der Waals surface area contributed by atoms with Crippen LogP contribution in [0.3, 0.4) is 0 Å². The molecule has 0 unspecified atom stereocenters. The van der Waals surface area contributed by atoms with E-state index in [4.69, 9.17) is 34.0 Å². The summed E-state index contributed by atoms with van der Waals surface area (Å²) in [5, 5.41) is 21.5. The van der Waals surface area contributed by atoms with Crippen LogP contribution < -0.4 is 5.73 Å². The van der Waals surface area contributed by atoms with Crippen LogP contribution in [-0.2, 0) is 10.2 Å². The highest BCUT2D eigenvalue weighted by atomic mass is 35.5. The van der Waals surface area contributed by atoms with E-state index < -0.39 is 11.4 Å². The van der Waals surface area contributed by atoms with Gasteiger partial charge in [0.05, 0.1) is 21.5 Å². The average molecular weight is 469 g/mol. The molecule has 0 radical (unpaired) electrons. The van der Waals surface area contributed by atoms with Gasteiger partial charge in [0.2, 0.25) is 0 Å². The quantitative estimate of drug-likeness (QED) is 0.363. The predicted octanol–water partition coefficient (Wildman–Crippen LogP) is 7.06. The SMILES string of the molecule is C=CC[C@@](C#N)(CCC(=O)O)c1ccc(Cl)c(Cl)c1.C[C@@H](N)c1cccc2ccccc12. The fraction of sp³-hybridized carbons (Fsp3) is 0.231. The van der Waals surface area contributed by atoms with Crippen molar-refractivity contribution in [2.75, 3.05) is 0 Å². The normalized spacial score (nSPS) is 13.2. The number of halogens is 2. The Morgan fingerprint density at radius 2 is 1.88 bits per heavy atom. The Bertz CT molecular complexity index is 1130. The third-order valence-corrected chi connectivity index (χ3v) is 6.00. The first kappa shape index (κ1) is 25.4. The maximum absolute atomic E-state index is 10.7. The number of aliphatic carboxylic acids is 1. The lowest BCUT2D eigenvalue weighted by Gasteiger charge is -2.25. The first-order valence-electron chi connectivity index (χ1n) is 10.2. The third-order valence-electron chi connectivity index (χ3n) is 5.26. The van der Waals surface area contributed by atoms with Crippen molar-refractivity contribution >= 4 is 39.9 Å². The van der Waals surface area contributed by atoms with Crippen LogP contribution >= 0.6 is 23.2 Å². The molecule has 3 aromatic carbocycles. The van der Waals surface area contributed by atoms with Gasteiger partial charge in [-0.3, -0.25) is 4.79 Å². The van der Waals surface area contributed by atoms with E-state index in [0.29, 0.717) is 22.0 Å². The van der Waals surface area contributed by atoms with Gasteiger partial charge in [0.15, 0.2) is 0 Å². The molecule has 3 aromatic rings. The highest BCUT2D eigenvalue weighted by Gasteiger charge is 2.32. The second-order valence-corrected chi connectivity index (χ2v) is 8.38. The third kappa shape index (κ3) is 6.34. The first-order valence-corrected chi connectivity index (χ1v) is 10.9. The number of fused-ring (bicyclic) bond motifs is 1. The van der Waals surface area contributed by atoms with Crippen molar-refractivity contribution in [2.24, 2.45) is 5.73 Å². The van der Waals surface area contributed by atoms with E-state index >= 15 is 0 Å². The molecule has 6 heteroatoms. The molecule has 3 rings (SSSR count). The molecule has 32 heavy (non-hydrogen) atoms. The molecule has 0 saturated heterocycles. The van der Waals surface area contributed by atoms with Gasteiger partial charge in [-0.15, -0.1) is 6.58 Å². The second-order valence-electron chi connectivity index (χ2n) is 7.57. The van der Waals surface area contributed by atoms with Gasteiger partial charge in [0.25, 0.3) is 0 Å². The van der Waals surface area contributed by atoms with Crippen LogP contribution in [0, 0.1) is 11.3 Å². The molecule has 0 amide bonds. The number of carboxylic acids is 1. The highest BCUT2D eigenvalue weighted by molar-refractivity contribution is 6.42. The summed E-state index contributed by atoms with van der Waals surface area (Å²) < 4.78 is 0. The summed E-state index contributed by atoms with van der Waals surface area (Å²) in [7, 11) is 0. The maximum Gasteiger partial charge on any atom is 0.303 e. The van der Waals surface area contributed by atoms with Crippen LogP contribution in [0.25, 0.3) is 10.8 Å². The van der Waals surface area contributed by atoms with E-state index in [9.17, 15) is 10.1 Å². The lowest BCUT2D eigenvalue weighted by atomic mass is 9.75. The standard InChI is InChI=1S/C14H13Cl2NO2.C12H13N/c1-2-6-14(9-17,7-5-13(18)19)10-3-4-11(15)12(16)8-10;1-9(13)11-8-4-6-10-5-2-3-7-12(10)11/h2-4,8H,1,5-7H2,(H,18,19);2-9H,13H2,1H3/t14-;9-/m01/s1. The smallest absolute Gasteiger partial charge is 0.303 e. The zero-order valence-electron chi connectivity index (χ0n) is 17.9. The molecule has 0 bridgehead atoms. The number of hydrogen-bond donors (Lipinski definition) is 2. The number of nitrogens with zero attached hydrogens (tertiary/aromatic N) is 1. The minimum absolute atomic E-state index is 0.0956. The average Bonchev–Trinajstić information content (AvgIpc) is 2.78. The monoisotopic (exact) mass is 468 g/mol. The molecule has 2 atom stereocenters. The maximum atomic E-state index is 10.7. The van der Waals surface area contributed by atoms with Crippen molar-refractivity contribution in [3.8, 4) is 6.07 Å². The Morgan fingerprint density at radius 1 is 1.19 bits per heavy atom. The van der Waals surface area contributed by atoms with Crippen molar-refractivity contribution in [1.82, 2.24) is 0 Å². The van der Waals surface area contributed by atoms with Crippen LogP contribution in [0.1, 0.15) is 43.4 Å². The minimum Gasteiger partial charge on any atom is -0.481 e. The molecule has 0 heterocycles. The summed E-state index contributed by atoms with van der Waals surface area (Å²) in [6, 6.07) is 21.8. The van der Waals surface area contributed by atoms with E-state index in [1.54, 1.807) is 24.3 Å². The van der Waals surface area contributed by atoms with E-state index in [2.05, 4.69) is 43.0 Å². The summed E-state index contributed by atoms with van der Waals surface area (Å²) in [4.78, 5) is 10.7. The first-order chi connectivity index (χ1) is 15.2. The van der Waals surface area contributed by atoms with Crippen molar-refractivity contribution < 1.29 is 9.90 Å². The fourth-order valence-electron chi connectivity index (χ4n) is 3.54. The van der Waals surface area contributed by atoms with Gasteiger partial charge in [-0.25, -0.2) is 0 Å². The van der Waals surface area contributed by atoms with Crippen molar-refractivity contribution in [1.29, 1.82) is 5.26 Å². The summed E-state index contributed by atoms with van der Waals surface area (Å²) in [5.41, 5.74) is 6.82. The molecule has 0 aliphatic heterocycles. The Morgan fingerprint density at radius 3 is 2.47 bits per heavy atom. The van der Waals surface area contributed by atoms with E-state index in [-0.39, 0.29) is 18.9 Å². The van der Waals surface area contributed by atoms with E-state index in [1.165, 1.54) is 16.3 Å². The molecule has 0 aromatic heterocycles. The fourth-order valence-corrected chi connectivity index (χ4v) is 3.84. The number of benzene rings is 3. The van der Waals surface area contributed by atoms with Gasteiger partial charge >= 0.3 is 5.97 Å². The Hall–Kier alpha value is -2.84. The van der Waals surface area contributed by atoms with Gasteiger partial charge in [0, 0.05) is 12.5 Å². The highest BCUT2D eigenvalue weighted by Crippen LogP contribution is 2.36. The lowest BCUT2D eigenvalue weighted by molar-refractivity contribution is -0.137. The van der Waals surface area contributed by atoms with Crippen molar-refractivity contribution in [3.63, 3.8) is 0 Å². The molecule has 3 N–H and O–H groups in total. The van der Waals surface area contributed by atoms with Crippen molar-refractivity contribution in [2.45, 2.75) is 37.6 Å². The van der Waals surface area contributed by atoms with Crippen LogP contribution in [0.5, 0.6) is 0 Å². The Kier molecular flexibility index (Phi) is 9.28. The number of nitriles is 1. The molecule has 4 nitrogen and oxygen atoms in total. The zero-order chi connectivity index (χ0) is 23.7. The summed E-state index contributed by atoms with van der Waals surface area (Å²) in [6.45, 7) is 5.64. The molecule has 0 aliphatic carbocycles. The van der Waals surface area contributed by atoms with Gasteiger partial charge < -0.3 is 10.8 Å². The molecular weight excluding hydrogens is 443 g/mol. The summed E-state index contributed by atoms with van der Waals surface area (Å²) >= 11 is 11.8. The number of carboxylic acid groups (broad SMARTS) is 1. The molecule has 0 spiro atoms. The largest absolute Gasteiger partial charge is 0.481 e. The Labute approximate surface area is 198 Å². The van der Waals surface area contributed by atoms with Crippen LogP contribution in [-0.4, -0.2) is 11.1 Å². The lowest BCUT2D eigenvalue weighted by Crippen LogP contribution is -2.24. The van der Waals surface area contributed by atoms with E-state index in [1.807, 2.05) is 19.1 Å². The van der Waals surface area contributed by atoms with Gasteiger partial charge in [-0.1, -0.05) is 77.8 Å². The minimum atomic E-state index is -0.941. The van der Waals surface area contributed by atoms with E-state index in [0.717, 1.165) is 0 Å². The number of nitrogens with two attached hydrogens (primary N) is 1. The molecular formula is C26H26Cl2N2O2. The second kappa shape index (κ2) is 11.7. The van der Waals surface area contributed by atoms with Crippen LogP contribution in [0.15, 0.2) is 73.3 Å². The molecule has 0 fully saturated rings. The van der Waals surface area contributed by atoms with Crippen molar-refractivity contribution in [3.05, 3.63) is 94.5 Å². The number of allylic oxidation sites excluding steroid dienone is 1. The van der Waals surface area contributed by atoms with Crippen LogP contribution in [0.2, 0.25) is 10.0 Å². The Balaban J connectivity index is 0.000000242. The van der Waals surface area contributed by atoms with Gasteiger partial charge in [-0.05, 0) is 53.8 Å². The summed E-state index contributed by atoms with van der Waals surface area (Å²) in [5.74, 6) is -0.941. The zero-order valence-corrected chi connectivity index (χ0v) is 19.4. The predicted molar refractivity (Wildman–Crippen MR) is 132 cm³/mol. The topological polar surface area (TPSA) is 87.1 Å². The van der Waals surface area contributed by atoms with Gasteiger partial charge in [0.1, 0.15) is 0 Å². The van der Waals surface area contributed by atoms with Crippen LogP contribution in [0.4, 0.5) is 0 Å². The number of hydrogen-bond acceptors (Lipinski definition) is 3. The molecule has 0 saturated carbocycles. The molecule has 166 valence electrons.